The summed E-state index contributed by atoms with van der Waals surface area (Å²) in [6.45, 7) is 0.766. The molecule has 1 aliphatic heterocycles. The largest absolute Gasteiger partial charge is 0.324 e. The molecule has 1 heterocycles. The summed E-state index contributed by atoms with van der Waals surface area (Å²) < 4.78 is 0. The van der Waals surface area contributed by atoms with Crippen LogP contribution >= 0.6 is 12.4 Å². The van der Waals surface area contributed by atoms with Crippen molar-refractivity contribution >= 4 is 35.6 Å². The molecule has 0 atom stereocenters. The maximum Gasteiger partial charge on any atom is 0.244 e. The molecule has 2 amide bonds. The lowest BCUT2D eigenvalue weighted by atomic mass is 9.82. The highest BCUT2D eigenvalue weighted by Gasteiger charge is 2.35. The van der Waals surface area contributed by atoms with Crippen molar-refractivity contribution in [1.82, 2.24) is 0 Å². The minimum atomic E-state index is -0.755. The molecule has 160 valence electrons. The van der Waals surface area contributed by atoms with E-state index in [1.54, 1.807) is 0 Å². The minimum Gasteiger partial charge on any atom is -0.324 e. The normalized spacial score (nSPS) is 17.4. The molecule has 0 unspecified atom stereocenters. The SMILES string of the molecule is Cl.NC1(C(=O)Nc2ccc(CC(=O)N3CCCc4ccccc43)cc2)CCCCC1. The Morgan fingerprint density at radius 2 is 1.67 bits per heavy atom. The first-order valence-corrected chi connectivity index (χ1v) is 10.6. The first kappa shape index (κ1) is 22.3. The quantitative estimate of drug-likeness (QED) is 0.766. The van der Waals surface area contributed by atoms with Gasteiger partial charge in [0.15, 0.2) is 0 Å². The average molecular weight is 428 g/mol. The molecule has 1 aliphatic carbocycles. The van der Waals surface area contributed by atoms with Gasteiger partial charge in [0.1, 0.15) is 0 Å². The van der Waals surface area contributed by atoms with E-state index in [1.165, 1.54) is 5.56 Å². The zero-order valence-electron chi connectivity index (χ0n) is 17.2. The van der Waals surface area contributed by atoms with Crippen LogP contribution in [0.25, 0.3) is 0 Å². The Balaban J connectivity index is 0.00000256. The Bertz CT molecular complexity index is 892. The Morgan fingerprint density at radius 1 is 0.967 bits per heavy atom. The number of hydrogen-bond acceptors (Lipinski definition) is 3. The number of aryl methyl sites for hydroxylation is 1. The predicted octanol–water partition coefficient (Wildman–Crippen LogP) is 4.23. The summed E-state index contributed by atoms with van der Waals surface area (Å²) in [5.41, 5.74) is 9.49. The van der Waals surface area contributed by atoms with Crippen LogP contribution in [0.1, 0.15) is 49.7 Å². The van der Waals surface area contributed by atoms with Crippen molar-refractivity contribution in [3.8, 4) is 0 Å². The Kier molecular flexibility index (Phi) is 7.16. The lowest BCUT2D eigenvalue weighted by Crippen LogP contribution is -2.52. The number of halogens is 1. The van der Waals surface area contributed by atoms with Crippen molar-refractivity contribution < 1.29 is 9.59 Å². The third kappa shape index (κ3) is 4.85. The maximum absolute atomic E-state index is 12.9. The number of nitrogens with two attached hydrogens (primary N) is 1. The fourth-order valence-electron chi connectivity index (χ4n) is 4.43. The molecule has 2 aromatic carbocycles. The van der Waals surface area contributed by atoms with Gasteiger partial charge in [-0.3, -0.25) is 9.59 Å². The molecule has 4 rings (SSSR count). The summed E-state index contributed by atoms with van der Waals surface area (Å²) in [7, 11) is 0. The monoisotopic (exact) mass is 427 g/mol. The van der Waals surface area contributed by atoms with Crippen molar-refractivity contribution in [3.63, 3.8) is 0 Å². The van der Waals surface area contributed by atoms with Crippen LogP contribution in [0.15, 0.2) is 48.5 Å². The molecule has 3 N–H and O–H groups in total. The fourth-order valence-corrected chi connectivity index (χ4v) is 4.43. The van der Waals surface area contributed by atoms with Gasteiger partial charge in [-0.05, 0) is 55.0 Å². The van der Waals surface area contributed by atoms with Crippen LogP contribution in [-0.2, 0) is 22.4 Å². The molecule has 0 aromatic heterocycles. The molecule has 1 fully saturated rings. The van der Waals surface area contributed by atoms with Crippen LogP contribution in [0.5, 0.6) is 0 Å². The van der Waals surface area contributed by atoms with Gasteiger partial charge in [0.2, 0.25) is 11.8 Å². The second-order valence-electron chi connectivity index (χ2n) is 8.32. The fraction of sp³-hybridized carbons (Fsp3) is 0.417. The van der Waals surface area contributed by atoms with Gasteiger partial charge in [0.25, 0.3) is 0 Å². The van der Waals surface area contributed by atoms with Crippen LogP contribution in [-0.4, -0.2) is 23.9 Å². The van der Waals surface area contributed by atoms with Crippen molar-refractivity contribution in [2.45, 2.75) is 56.9 Å². The highest BCUT2D eigenvalue weighted by atomic mass is 35.5. The van der Waals surface area contributed by atoms with E-state index in [4.69, 9.17) is 5.73 Å². The number of amides is 2. The molecular formula is C24H30ClN3O2. The molecule has 5 nitrogen and oxygen atoms in total. The Labute approximate surface area is 184 Å². The predicted molar refractivity (Wildman–Crippen MR) is 123 cm³/mol. The minimum absolute atomic E-state index is 0. The zero-order valence-corrected chi connectivity index (χ0v) is 18.0. The lowest BCUT2D eigenvalue weighted by Gasteiger charge is -2.31. The van der Waals surface area contributed by atoms with E-state index < -0.39 is 5.54 Å². The number of nitrogens with one attached hydrogen (secondary N) is 1. The highest BCUT2D eigenvalue weighted by Crippen LogP contribution is 2.28. The Hall–Kier alpha value is -2.37. The summed E-state index contributed by atoms with van der Waals surface area (Å²) in [4.78, 5) is 27.4. The third-order valence-corrected chi connectivity index (χ3v) is 6.18. The number of carbonyl (C=O) groups excluding carboxylic acids is 2. The zero-order chi connectivity index (χ0) is 20.3. The first-order chi connectivity index (χ1) is 14.0. The summed E-state index contributed by atoms with van der Waals surface area (Å²) in [6, 6.07) is 15.7. The van der Waals surface area contributed by atoms with Gasteiger partial charge in [-0.2, -0.15) is 0 Å². The number of anilines is 2. The molecular weight excluding hydrogens is 398 g/mol. The number of fused-ring (bicyclic) bond motifs is 1. The van der Waals surface area contributed by atoms with E-state index in [1.807, 2.05) is 47.4 Å². The molecule has 0 bridgehead atoms. The van der Waals surface area contributed by atoms with Crippen molar-refractivity contribution in [2.24, 2.45) is 5.73 Å². The Morgan fingerprint density at radius 3 is 2.40 bits per heavy atom. The molecule has 1 saturated carbocycles. The van der Waals surface area contributed by atoms with E-state index in [2.05, 4.69) is 11.4 Å². The van der Waals surface area contributed by atoms with E-state index >= 15 is 0 Å². The van der Waals surface area contributed by atoms with Crippen molar-refractivity contribution in [2.75, 3.05) is 16.8 Å². The second kappa shape index (κ2) is 9.63. The number of rotatable bonds is 4. The molecule has 0 radical (unpaired) electrons. The third-order valence-electron chi connectivity index (χ3n) is 6.18. The highest BCUT2D eigenvalue weighted by molar-refractivity contribution is 5.98. The molecule has 6 heteroatoms. The number of benzene rings is 2. The summed E-state index contributed by atoms with van der Waals surface area (Å²) in [6.07, 6.45) is 7.01. The van der Waals surface area contributed by atoms with Gasteiger partial charge in [-0.15, -0.1) is 12.4 Å². The number of hydrogen-bond donors (Lipinski definition) is 2. The van der Waals surface area contributed by atoms with Gasteiger partial charge in [-0.25, -0.2) is 0 Å². The molecule has 2 aliphatic rings. The van der Waals surface area contributed by atoms with Crippen LogP contribution in [0.4, 0.5) is 11.4 Å². The van der Waals surface area contributed by atoms with E-state index in [9.17, 15) is 9.59 Å². The maximum atomic E-state index is 12.9. The number of carbonyl (C=O) groups is 2. The van der Waals surface area contributed by atoms with Crippen LogP contribution in [0.2, 0.25) is 0 Å². The van der Waals surface area contributed by atoms with Gasteiger partial charge < -0.3 is 16.0 Å². The van der Waals surface area contributed by atoms with Crippen LogP contribution < -0.4 is 16.0 Å². The lowest BCUT2D eigenvalue weighted by molar-refractivity contribution is -0.122. The number of nitrogens with zero attached hydrogens (tertiary/aromatic N) is 1. The molecule has 0 saturated heterocycles. The van der Waals surface area contributed by atoms with Crippen molar-refractivity contribution in [3.05, 3.63) is 59.7 Å². The molecule has 2 aromatic rings. The summed E-state index contributed by atoms with van der Waals surface area (Å²) in [5.74, 6) is 0.00278. The molecule has 0 spiro atoms. The molecule has 30 heavy (non-hydrogen) atoms. The van der Waals surface area contributed by atoms with Crippen molar-refractivity contribution in [1.29, 1.82) is 0 Å². The van der Waals surface area contributed by atoms with Gasteiger partial charge >= 0.3 is 0 Å². The second-order valence-corrected chi connectivity index (χ2v) is 8.32. The smallest absolute Gasteiger partial charge is 0.244 e. The van der Waals surface area contributed by atoms with E-state index in [0.29, 0.717) is 6.42 Å². The van der Waals surface area contributed by atoms with Crippen LogP contribution in [0.3, 0.4) is 0 Å². The van der Waals surface area contributed by atoms with Gasteiger partial charge in [0, 0.05) is 17.9 Å². The van der Waals surface area contributed by atoms with Crippen LogP contribution in [0, 0.1) is 0 Å². The van der Waals surface area contributed by atoms with Gasteiger partial charge in [0.05, 0.1) is 12.0 Å². The topological polar surface area (TPSA) is 75.4 Å². The first-order valence-electron chi connectivity index (χ1n) is 10.6. The number of para-hydroxylation sites is 1. The average Bonchev–Trinajstić information content (AvgIpc) is 2.75. The van der Waals surface area contributed by atoms with E-state index in [-0.39, 0.29) is 24.2 Å². The standard InChI is InChI=1S/C24H29N3O2.ClH/c25-24(14-4-1-5-15-24)23(29)26-20-12-10-18(11-13-20)17-22(28)27-16-6-8-19-7-2-3-9-21(19)27;/h2-3,7,9-13H,1,4-6,8,14-17,25H2,(H,26,29);1H. The summed E-state index contributed by atoms with van der Waals surface area (Å²) in [5, 5.41) is 2.95. The summed E-state index contributed by atoms with van der Waals surface area (Å²) >= 11 is 0. The van der Waals surface area contributed by atoms with Gasteiger partial charge in [-0.1, -0.05) is 49.6 Å². The van der Waals surface area contributed by atoms with E-state index in [0.717, 1.165) is 68.4 Å².